The Kier molecular flexibility index (Phi) is 4.84. The van der Waals surface area contributed by atoms with Crippen LogP contribution in [-0.2, 0) is 4.79 Å². The summed E-state index contributed by atoms with van der Waals surface area (Å²) in [6, 6.07) is 6.92. The van der Waals surface area contributed by atoms with E-state index in [9.17, 15) is 9.90 Å². The Hall–Kier alpha value is -1.75. The maximum Gasteiger partial charge on any atom is 0.239 e. The molecule has 2 rings (SSSR count). The maximum atomic E-state index is 12.1. The Morgan fingerprint density at radius 1 is 1.30 bits per heavy atom. The molecule has 0 aliphatic carbocycles. The summed E-state index contributed by atoms with van der Waals surface area (Å²) in [5.74, 6) is 0.332. The smallest absolute Gasteiger partial charge is 0.239 e. The third kappa shape index (κ3) is 3.22. The molecule has 1 heterocycles. The summed E-state index contributed by atoms with van der Waals surface area (Å²) in [6.07, 6.45) is 1.66. The lowest BCUT2D eigenvalue weighted by Gasteiger charge is -2.37. The van der Waals surface area contributed by atoms with E-state index in [-0.39, 0.29) is 17.7 Å². The second kappa shape index (κ2) is 6.61. The van der Waals surface area contributed by atoms with E-state index in [4.69, 9.17) is 5.73 Å². The number of rotatable bonds is 4. The molecule has 0 radical (unpaired) electrons. The summed E-state index contributed by atoms with van der Waals surface area (Å²) in [5.41, 5.74) is 6.71. The molecular weight excluding hydrogens is 254 g/mol. The van der Waals surface area contributed by atoms with Crippen molar-refractivity contribution in [3.63, 3.8) is 0 Å². The summed E-state index contributed by atoms with van der Waals surface area (Å²) >= 11 is 0. The van der Waals surface area contributed by atoms with Gasteiger partial charge in [-0.3, -0.25) is 4.79 Å². The van der Waals surface area contributed by atoms with Crippen molar-refractivity contribution in [3.05, 3.63) is 24.3 Å². The van der Waals surface area contributed by atoms with Crippen LogP contribution in [0.5, 0.6) is 5.75 Å². The fraction of sp³-hybridized carbons (Fsp3) is 0.533. The van der Waals surface area contributed by atoms with E-state index in [1.807, 2.05) is 30.0 Å². The van der Waals surface area contributed by atoms with Gasteiger partial charge in [0.15, 0.2) is 0 Å². The van der Waals surface area contributed by atoms with Gasteiger partial charge in [0.2, 0.25) is 5.91 Å². The van der Waals surface area contributed by atoms with Gasteiger partial charge in [-0.25, -0.2) is 0 Å². The Morgan fingerprint density at radius 2 is 1.95 bits per heavy atom. The first-order chi connectivity index (χ1) is 9.63. The van der Waals surface area contributed by atoms with Crippen molar-refractivity contribution in [1.29, 1.82) is 0 Å². The molecule has 1 aromatic rings. The van der Waals surface area contributed by atoms with E-state index >= 15 is 0 Å². The predicted molar refractivity (Wildman–Crippen MR) is 79.8 cm³/mol. The molecule has 20 heavy (non-hydrogen) atoms. The zero-order valence-corrected chi connectivity index (χ0v) is 12.0. The first-order valence-electron chi connectivity index (χ1n) is 7.20. The Labute approximate surface area is 120 Å². The number of carbonyl (C=O) groups excluding carboxylic acids is 1. The number of phenols is 1. The van der Waals surface area contributed by atoms with E-state index in [1.54, 1.807) is 6.07 Å². The highest BCUT2D eigenvalue weighted by atomic mass is 16.3. The minimum absolute atomic E-state index is 0.0452. The number of benzene rings is 1. The highest BCUT2D eigenvalue weighted by molar-refractivity contribution is 5.82. The monoisotopic (exact) mass is 277 g/mol. The van der Waals surface area contributed by atoms with Gasteiger partial charge in [-0.15, -0.1) is 0 Å². The van der Waals surface area contributed by atoms with Crippen molar-refractivity contribution in [2.24, 2.45) is 5.73 Å². The first-order valence-corrected chi connectivity index (χ1v) is 7.20. The second-order valence-electron chi connectivity index (χ2n) is 5.20. The van der Waals surface area contributed by atoms with Gasteiger partial charge in [-0.05, 0) is 18.6 Å². The molecule has 5 nitrogen and oxygen atoms in total. The number of aromatic hydroxyl groups is 1. The molecule has 1 saturated heterocycles. The van der Waals surface area contributed by atoms with E-state index in [2.05, 4.69) is 4.90 Å². The molecule has 1 aromatic carbocycles. The normalized spacial score (nSPS) is 17.1. The number of nitrogens with zero attached hydrogens (tertiary/aromatic N) is 2. The molecule has 1 fully saturated rings. The van der Waals surface area contributed by atoms with Crippen LogP contribution in [0.4, 0.5) is 5.69 Å². The van der Waals surface area contributed by atoms with Crippen LogP contribution in [0, 0.1) is 0 Å². The number of phenolic OH excluding ortho intramolecular Hbond substituents is 1. The van der Waals surface area contributed by atoms with E-state index in [0.717, 1.165) is 31.6 Å². The van der Waals surface area contributed by atoms with Crippen molar-refractivity contribution in [2.75, 3.05) is 31.1 Å². The van der Waals surface area contributed by atoms with Gasteiger partial charge in [0.1, 0.15) is 5.75 Å². The molecule has 0 bridgehead atoms. The van der Waals surface area contributed by atoms with Gasteiger partial charge < -0.3 is 20.6 Å². The number of amides is 1. The quantitative estimate of drug-likeness (QED) is 0.866. The van der Waals surface area contributed by atoms with Crippen LogP contribution < -0.4 is 10.6 Å². The molecule has 0 spiro atoms. The molecule has 1 aliphatic rings. The Balaban J connectivity index is 1.93. The predicted octanol–water partition coefficient (Wildman–Crippen LogP) is 1.17. The number of para-hydroxylation sites is 2. The summed E-state index contributed by atoms with van der Waals surface area (Å²) in [6.45, 7) is 4.79. The van der Waals surface area contributed by atoms with Crippen molar-refractivity contribution < 1.29 is 9.90 Å². The summed E-state index contributed by atoms with van der Waals surface area (Å²) in [4.78, 5) is 16.1. The molecule has 1 amide bonds. The summed E-state index contributed by atoms with van der Waals surface area (Å²) in [7, 11) is 0. The van der Waals surface area contributed by atoms with Gasteiger partial charge in [-0.1, -0.05) is 25.5 Å². The largest absolute Gasteiger partial charge is 0.506 e. The molecule has 5 heteroatoms. The van der Waals surface area contributed by atoms with E-state index in [1.165, 1.54) is 0 Å². The number of hydrogen-bond acceptors (Lipinski definition) is 4. The number of hydrogen-bond donors (Lipinski definition) is 2. The number of carbonyl (C=O) groups is 1. The van der Waals surface area contributed by atoms with Crippen molar-refractivity contribution in [1.82, 2.24) is 4.90 Å². The minimum atomic E-state index is -0.378. The van der Waals surface area contributed by atoms with Gasteiger partial charge in [-0.2, -0.15) is 0 Å². The fourth-order valence-electron chi connectivity index (χ4n) is 2.57. The average Bonchev–Trinajstić information content (AvgIpc) is 2.47. The van der Waals surface area contributed by atoms with Crippen molar-refractivity contribution in [3.8, 4) is 5.75 Å². The van der Waals surface area contributed by atoms with Crippen LogP contribution in [0.25, 0.3) is 0 Å². The standard InChI is InChI=1S/C15H23N3O2/c1-2-5-12(16)15(20)18-10-8-17(9-11-18)13-6-3-4-7-14(13)19/h3-4,6-7,12,19H,2,5,8-11,16H2,1H3/t12-/m1/s1. The zero-order chi connectivity index (χ0) is 14.5. The van der Waals surface area contributed by atoms with Crippen LogP contribution in [0.2, 0.25) is 0 Å². The first kappa shape index (κ1) is 14.7. The summed E-state index contributed by atoms with van der Waals surface area (Å²) < 4.78 is 0. The topological polar surface area (TPSA) is 69.8 Å². The summed E-state index contributed by atoms with van der Waals surface area (Å²) in [5, 5.41) is 9.85. The molecule has 0 unspecified atom stereocenters. The van der Waals surface area contributed by atoms with Crippen LogP contribution in [0.1, 0.15) is 19.8 Å². The maximum absolute atomic E-state index is 12.1. The van der Waals surface area contributed by atoms with E-state index in [0.29, 0.717) is 13.1 Å². The highest BCUT2D eigenvalue weighted by Gasteiger charge is 2.25. The number of piperazine rings is 1. The SMILES string of the molecule is CCC[C@@H](N)C(=O)N1CCN(c2ccccc2O)CC1. The molecule has 110 valence electrons. The Morgan fingerprint density at radius 3 is 2.55 bits per heavy atom. The zero-order valence-electron chi connectivity index (χ0n) is 12.0. The van der Waals surface area contributed by atoms with E-state index < -0.39 is 0 Å². The van der Waals surface area contributed by atoms with Crippen LogP contribution >= 0.6 is 0 Å². The van der Waals surface area contributed by atoms with Crippen molar-refractivity contribution in [2.45, 2.75) is 25.8 Å². The molecule has 3 N–H and O–H groups in total. The van der Waals surface area contributed by atoms with Gasteiger partial charge in [0.25, 0.3) is 0 Å². The Bertz CT molecular complexity index is 456. The van der Waals surface area contributed by atoms with Gasteiger partial charge >= 0.3 is 0 Å². The molecule has 1 aliphatic heterocycles. The lowest BCUT2D eigenvalue weighted by molar-refractivity contribution is -0.133. The minimum Gasteiger partial charge on any atom is -0.506 e. The second-order valence-corrected chi connectivity index (χ2v) is 5.20. The van der Waals surface area contributed by atoms with Gasteiger partial charge in [0, 0.05) is 26.2 Å². The van der Waals surface area contributed by atoms with Gasteiger partial charge in [0.05, 0.1) is 11.7 Å². The average molecular weight is 277 g/mol. The molecular formula is C15H23N3O2. The lowest BCUT2D eigenvalue weighted by atomic mass is 10.1. The fourth-order valence-corrected chi connectivity index (χ4v) is 2.57. The van der Waals surface area contributed by atoms with Crippen LogP contribution in [-0.4, -0.2) is 48.1 Å². The number of nitrogens with two attached hydrogens (primary N) is 1. The number of anilines is 1. The van der Waals surface area contributed by atoms with Crippen molar-refractivity contribution >= 4 is 11.6 Å². The molecule has 0 aromatic heterocycles. The third-order valence-electron chi connectivity index (χ3n) is 3.73. The third-order valence-corrected chi connectivity index (χ3v) is 3.73. The lowest BCUT2D eigenvalue weighted by Crippen LogP contribution is -2.53. The van der Waals surface area contributed by atoms with Crippen LogP contribution in [0.3, 0.4) is 0 Å². The molecule has 1 atom stereocenters. The highest BCUT2D eigenvalue weighted by Crippen LogP contribution is 2.27. The molecule has 0 saturated carbocycles. The van der Waals surface area contributed by atoms with Crippen LogP contribution in [0.15, 0.2) is 24.3 Å².